The maximum absolute atomic E-state index is 11.9. The van der Waals surface area contributed by atoms with Gasteiger partial charge in [-0.25, -0.2) is 0 Å². The number of carbonyl (C=O) groups is 1. The molecule has 0 aliphatic heterocycles. The summed E-state index contributed by atoms with van der Waals surface area (Å²) in [7, 11) is 0. The van der Waals surface area contributed by atoms with Crippen LogP contribution in [0.2, 0.25) is 0 Å². The van der Waals surface area contributed by atoms with E-state index in [4.69, 9.17) is 0 Å². The summed E-state index contributed by atoms with van der Waals surface area (Å²) in [5, 5.41) is 10.9. The van der Waals surface area contributed by atoms with Crippen molar-refractivity contribution < 1.29 is 9.72 Å². The van der Waals surface area contributed by atoms with Crippen LogP contribution in [-0.4, -0.2) is 16.2 Å². The monoisotopic (exact) mass is 256 g/mol. The van der Waals surface area contributed by atoms with Gasteiger partial charge >= 0.3 is 5.69 Å². The van der Waals surface area contributed by atoms with E-state index >= 15 is 0 Å². The number of nitrogens with one attached hydrogen (secondary N) is 1. The first-order chi connectivity index (χ1) is 9.13. The summed E-state index contributed by atoms with van der Waals surface area (Å²) in [4.78, 5) is 34.7. The molecule has 0 fully saturated rings. The largest absolute Gasteiger partial charge is 0.355 e. The lowest BCUT2D eigenvalue weighted by Crippen LogP contribution is -2.09. The Hall–Kier alpha value is -2.94. The molecule has 0 unspecified atom stereocenters. The summed E-state index contributed by atoms with van der Waals surface area (Å²) < 4.78 is 0. The molecule has 1 N–H and O–H groups in total. The van der Waals surface area contributed by atoms with Crippen LogP contribution in [0.5, 0.6) is 0 Å². The Kier molecular flexibility index (Phi) is 3.39. The lowest BCUT2D eigenvalue weighted by molar-refractivity contribution is -0.386. The van der Waals surface area contributed by atoms with E-state index in [0.717, 1.165) is 6.20 Å². The number of aromatic amines is 1. The molecule has 0 aliphatic carbocycles. The average molecular weight is 256 g/mol. The Bertz CT molecular complexity index is 781. The average Bonchev–Trinajstić information content (AvgIpc) is 2.39. The third-order valence-electron chi connectivity index (χ3n) is 2.48. The second-order valence-electron chi connectivity index (χ2n) is 3.69. The zero-order valence-corrected chi connectivity index (χ0v) is 9.67. The van der Waals surface area contributed by atoms with Gasteiger partial charge in [0.05, 0.1) is 22.9 Å². The molecule has 2 rings (SSSR count). The van der Waals surface area contributed by atoms with Crippen LogP contribution in [0.1, 0.15) is 12.0 Å². The second kappa shape index (κ2) is 5.14. The summed E-state index contributed by atoms with van der Waals surface area (Å²) in [5.41, 5.74) is -0.139. The molecule has 0 atom stereocenters. The third-order valence-corrected chi connectivity index (χ3v) is 2.48. The van der Waals surface area contributed by atoms with Crippen molar-refractivity contribution in [3.05, 3.63) is 50.3 Å². The van der Waals surface area contributed by atoms with Crippen molar-refractivity contribution in [2.45, 2.75) is 6.42 Å². The molecule has 0 aliphatic rings. The summed E-state index contributed by atoms with van der Waals surface area (Å²) in [5.74, 6) is 5.32. The Morgan fingerprint density at radius 3 is 2.89 bits per heavy atom. The van der Waals surface area contributed by atoms with Crippen LogP contribution >= 0.6 is 0 Å². The minimum absolute atomic E-state index is 0.101. The van der Waals surface area contributed by atoms with E-state index in [1.54, 1.807) is 12.1 Å². The number of nitrogens with zero attached hydrogens (tertiary/aromatic N) is 1. The highest BCUT2D eigenvalue weighted by molar-refractivity contribution is 5.81. The highest BCUT2D eigenvalue weighted by Gasteiger charge is 2.14. The number of benzene rings is 1. The zero-order chi connectivity index (χ0) is 13.8. The van der Waals surface area contributed by atoms with Gasteiger partial charge in [-0.15, -0.1) is 0 Å². The lowest BCUT2D eigenvalue weighted by atomic mass is 10.1. The number of carbonyl (C=O) groups excluding carboxylic acids is 1. The topological polar surface area (TPSA) is 93.1 Å². The van der Waals surface area contributed by atoms with E-state index in [9.17, 15) is 19.7 Å². The van der Waals surface area contributed by atoms with E-state index in [1.807, 2.05) is 0 Å². The standard InChI is InChI=1S/C13H8N2O4/c16-6-2-1-3-9-4-5-11-10(7-9)13(17)12(8-14-11)15(18)19/h4-8H,2H2,(H,14,17). The van der Waals surface area contributed by atoms with Crippen LogP contribution in [0, 0.1) is 22.0 Å². The fraction of sp³-hybridized carbons (Fsp3) is 0.0769. The Morgan fingerprint density at radius 2 is 2.21 bits per heavy atom. The number of H-pyrrole nitrogens is 1. The van der Waals surface area contributed by atoms with Crippen molar-refractivity contribution in [1.29, 1.82) is 0 Å². The molecule has 19 heavy (non-hydrogen) atoms. The van der Waals surface area contributed by atoms with Crippen molar-refractivity contribution in [3.8, 4) is 11.8 Å². The highest BCUT2D eigenvalue weighted by atomic mass is 16.6. The van der Waals surface area contributed by atoms with E-state index in [1.165, 1.54) is 6.07 Å². The van der Waals surface area contributed by atoms with Crippen LogP contribution in [0.4, 0.5) is 5.69 Å². The zero-order valence-electron chi connectivity index (χ0n) is 9.67. The fourth-order valence-electron chi connectivity index (χ4n) is 1.62. The number of aldehydes is 1. The number of rotatable bonds is 2. The molecule has 0 spiro atoms. The summed E-state index contributed by atoms with van der Waals surface area (Å²) in [6, 6.07) is 4.76. The maximum atomic E-state index is 11.9. The number of fused-ring (bicyclic) bond motifs is 1. The minimum atomic E-state index is -0.733. The van der Waals surface area contributed by atoms with Crippen LogP contribution in [-0.2, 0) is 4.79 Å². The van der Waals surface area contributed by atoms with Crippen molar-refractivity contribution in [1.82, 2.24) is 4.98 Å². The predicted octanol–water partition coefficient (Wildman–Crippen LogP) is 1.38. The van der Waals surface area contributed by atoms with Gasteiger partial charge in [0, 0.05) is 11.1 Å². The van der Waals surface area contributed by atoms with Gasteiger partial charge in [-0.3, -0.25) is 14.9 Å². The van der Waals surface area contributed by atoms with Crippen LogP contribution in [0.15, 0.2) is 29.2 Å². The fourth-order valence-corrected chi connectivity index (χ4v) is 1.62. The molecule has 2 aromatic rings. The molecule has 0 radical (unpaired) electrons. The second-order valence-corrected chi connectivity index (χ2v) is 3.69. The first kappa shape index (κ1) is 12.5. The van der Waals surface area contributed by atoms with E-state index in [-0.39, 0.29) is 11.8 Å². The van der Waals surface area contributed by atoms with Gasteiger partial charge in [0.25, 0.3) is 5.43 Å². The molecule has 0 saturated heterocycles. The molecule has 0 amide bonds. The van der Waals surface area contributed by atoms with Gasteiger partial charge in [-0.1, -0.05) is 11.8 Å². The van der Waals surface area contributed by atoms with Gasteiger partial charge in [0.15, 0.2) is 0 Å². The molecule has 6 heteroatoms. The number of aromatic nitrogens is 1. The number of nitro groups is 1. The van der Waals surface area contributed by atoms with Crippen LogP contribution in [0.25, 0.3) is 10.9 Å². The molecule has 94 valence electrons. The SMILES string of the molecule is O=CCC#Cc1ccc2[nH]cc([N+](=O)[O-])c(=O)c2c1. The molecule has 1 aromatic carbocycles. The molecular weight excluding hydrogens is 248 g/mol. The van der Waals surface area contributed by atoms with Crippen LogP contribution in [0.3, 0.4) is 0 Å². The van der Waals surface area contributed by atoms with Gasteiger partial charge in [0.1, 0.15) is 6.29 Å². The van der Waals surface area contributed by atoms with Crippen molar-refractivity contribution in [3.63, 3.8) is 0 Å². The Labute approximate surface area is 107 Å². The number of hydrogen-bond acceptors (Lipinski definition) is 4. The molecule has 0 bridgehead atoms. The number of pyridine rings is 1. The molecule has 0 saturated carbocycles. The molecule has 1 heterocycles. The summed E-state index contributed by atoms with van der Waals surface area (Å²) in [6.07, 6.45) is 1.84. The lowest BCUT2D eigenvalue weighted by Gasteiger charge is -1.98. The highest BCUT2D eigenvalue weighted by Crippen LogP contribution is 2.13. The minimum Gasteiger partial charge on any atom is -0.355 e. The molecule has 1 aromatic heterocycles. The van der Waals surface area contributed by atoms with E-state index in [2.05, 4.69) is 16.8 Å². The van der Waals surface area contributed by atoms with Crippen molar-refractivity contribution in [2.24, 2.45) is 0 Å². The van der Waals surface area contributed by atoms with E-state index < -0.39 is 16.0 Å². The predicted molar refractivity (Wildman–Crippen MR) is 68.8 cm³/mol. The first-order valence-electron chi connectivity index (χ1n) is 5.36. The summed E-state index contributed by atoms with van der Waals surface area (Å²) >= 11 is 0. The third kappa shape index (κ3) is 2.50. The molecule has 6 nitrogen and oxygen atoms in total. The first-order valence-corrected chi connectivity index (χ1v) is 5.36. The van der Waals surface area contributed by atoms with Gasteiger partial charge in [-0.2, -0.15) is 0 Å². The van der Waals surface area contributed by atoms with Crippen molar-refractivity contribution >= 4 is 22.9 Å². The number of hydrogen-bond donors (Lipinski definition) is 1. The quantitative estimate of drug-likeness (QED) is 0.380. The van der Waals surface area contributed by atoms with Gasteiger partial charge < -0.3 is 9.78 Å². The Morgan fingerprint density at radius 1 is 1.42 bits per heavy atom. The van der Waals surface area contributed by atoms with Gasteiger partial charge in [-0.05, 0) is 18.2 Å². The smallest absolute Gasteiger partial charge is 0.332 e. The van der Waals surface area contributed by atoms with Crippen LogP contribution < -0.4 is 5.43 Å². The normalized spacial score (nSPS) is 9.68. The maximum Gasteiger partial charge on any atom is 0.332 e. The Balaban J connectivity index is 2.61. The van der Waals surface area contributed by atoms with Gasteiger partial charge in [0.2, 0.25) is 0 Å². The van der Waals surface area contributed by atoms with Crippen molar-refractivity contribution in [2.75, 3.05) is 0 Å². The van der Waals surface area contributed by atoms with E-state index in [0.29, 0.717) is 17.4 Å². The molecular formula is C13H8N2O4. The summed E-state index contributed by atoms with van der Waals surface area (Å²) in [6.45, 7) is 0.